The van der Waals surface area contributed by atoms with Crippen LogP contribution in [0.2, 0.25) is 5.15 Å². The molecular weight excluding hydrogens is 483 g/mol. The van der Waals surface area contributed by atoms with E-state index in [1.165, 1.54) is 4.88 Å². The number of hydrogen-bond acceptors (Lipinski definition) is 7. The number of nitrogens with one attached hydrogen (secondary N) is 1. The van der Waals surface area contributed by atoms with Gasteiger partial charge in [-0.15, -0.1) is 11.3 Å². The summed E-state index contributed by atoms with van der Waals surface area (Å²) in [4.78, 5) is 17.3. The fourth-order valence-corrected chi connectivity index (χ4v) is 4.21. The lowest BCUT2D eigenvalue weighted by Crippen LogP contribution is -2.43. The lowest BCUT2D eigenvalue weighted by atomic mass is 10.2. The van der Waals surface area contributed by atoms with E-state index in [-0.39, 0.29) is 0 Å². The molecular formula is C17H18ClIN6S. The summed E-state index contributed by atoms with van der Waals surface area (Å²) in [5, 5.41) is 6.94. The standard InChI is InChI=1S/C17H18ClIN6S/c18-15-10-13-14(11-21-15)22-17(24-5-7-25(19)8-6-24)23-16(13)20-4-3-12-2-1-9-26-12/h1-2,9-11H,3-8H2,(H,20,22,23). The number of rotatable bonds is 5. The van der Waals surface area contributed by atoms with Crippen LogP contribution in [0, 0.1) is 0 Å². The second-order valence-electron chi connectivity index (χ2n) is 6.05. The summed E-state index contributed by atoms with van der Waals surface area (Å²) in [5.74, 6) is 1.58. The van der Waals surface area contributed by atoms with Crippen LogP contribution in [0.5, 0.6) is 0 Å². The van der Waals surface area contributed by atoms with Gasteiger partial charge in [0.2, 0.25) is 5.95 Å². The van der Waals surface area contributed by atoms with Crippen molar-refractivity contribution in [2.24, 2.45) is 0 Å². The highest BCUT2D eigenvalue weighted by Gasteiger charge is 2.19. The molecule has 0 atom stereocenters. The molecule has 1 N–H and O–H groups in total. The predicted octanol–water partition coefficient (Wildman–Crippen LogP) is 3.87. The molecule has 6 nitrogen and oxygen atoms in total. The molecule has 0 bridgehead atoms. The zero-order valence-electron chi connectivity index (χ0n) is 14.0. The van der Waals surface area contributed by atoms with E-state index in [4.69, 9.17) is 21.6 Å². The van der Waals surface area contributed by atoms with Gasteiger partial charge < -0.3 is 10.2 Å². The first-order valence-corrected chi connectivity index (χ1v) is 10.7. The Hall–Kier alpha value is -1.23. The van der Waals surface area contributed by atoms with Crippen LogP contribution in [0.3, 0.4) is 0 Å². The summed E-state index contributed by atoms with van der Waals surface area (Å²) in [6.45, 7) is 4.66. The van der Waals surface area contributed by atoms with Gasteiger partial charge >= 0.3 is 0 Å². The van der Waals surface area contributed by atoms with E-state index < -0.39 is 0 Å². The summed E-state index contributed by atoms with van der Waals surface area (Å²) in [7, 11) is 0. The molecule has 1 saturated heterocycles. The molecule has 4 rings (SSSR count). The summed E-state index contributed by atoms with van der Waals surface area (Å²) < 4.78 is 2.29. The Kier molecular flexibility index (Phi) is 5.72. The second kappa shape index (κ2) is 8.20. The average molecular weight is 501 g/mol. The molecule has 136 valence electrons. The lowest BCUT2D eigenvalue weighted by Gasteiger charge is -2.31. The fraction of sp³-hybridized carbons (Fsp3) is 0.353. The molecule has 3 aromatic heterocycles. The number of piperazine rings is 1. The monoisotopic (exact) mass is 500 g/mol. The van der Waals surface area contributed by atoms with Crippen LogP contribution in [-0.4, -0.2) is 50.8 Å². The van der Waals surface area contributed by atoms with Crippen LogP contribution < -0.4 is 10.2 Å². The summed E-state index contributed by atoms with van der Waals surface area (Å²) in [6, 6.07) is 6.06. The molecule has 0 aromatic carbocycles. The molecule has 0 unspecified atom stereocenters. The normalized spacial score (nSPS) is 15.5. The van der Waals surface area contributed by atoms with Gasteiger partial charge in [0.15, 0.2) is 0 Å². The molecule has 9 heteroatoms. The third kappa shape index (κ3) is 4.19. The third-order valence-electron chi connectivity index (χ3n) is 4.29. The van der Waals surface area contributed by atoms with Crippen LogP contribution >= 0.6 is 45.8 Å². The van der Waals surface area contributed by atoms with Crippen LogP contribution in [-0.2, 0) is 6.42 Å². The molecule has 0 spiro atoms. The van der Waals surface area contributed by atoms with Crippen molar-refractivity contribution in [2.45, 2.75) is 6.42 Å². The van der Waals surface area contributed by atoms with E-state index in [0.29, 0.717) is 5.15 Å². The first-order chi connectivity index (χ1) is 12.7. The highest BCUT2D eigenvalue weighted by atomic mass is 127. The third-order valence-corrected chi connectivity index (χ3v) is 6.40. The molecule has 1 aliphatic rings. The van der Waals surface area contributed by atoms with Crippen molar-refractivity contribution in [1.82, 2.24) is 18.1 Å². The first-order valence-electron chi connectivity index (χ1n) is 8.44. The van der Waals surface area contributed by atoms with Crippen LogP contribution in [0.1, 0.15) is 4.88 Å². The average Bonchev–Trinajstić information content (AvgIpc) is 3.16. The van der Waals surface area contributed by atoms with Crippen LogP contribution in [0.25, 0.3) is 10.9 Å². The van der Waals surface area contributed by atoms with Gasteiger partial charge in [0.05, 0.1) is 11.7 Å². The molecule has 3 aromatic rings. The van der Waals surface area contributed by atoms with E-state index in [1.807, 2.05) is 6.07 Å². The Labute approximate surface area is 175 Å². The zero-order chi connectivity index (χ0) is 17.9. The summed E-state index contributed by atoms with van der Waals surface area (Å²) >= 11 is 10.2. The maximum atomic E-state index is 6.10. The topological polar surface area (TPSA) is 57.2 Å². The Morgan fingerprint density at radius 3 is 2.85 bits per heavy atom. The second-order valence-corrected chi connectivity index (χ2v) is 8.83. The molecule has 1 fully saturated rings. The van der Waals surface area contributed by atoms with Gasteiger partial charge in [0.25, 0.3) is 0 Å². The van der Waals surface area contributed by atoms with Crippen molar-refractivity contribution in [3.05, 3.63) is 39.8 Å². The van der Waals surface area contributed by atoms with Gasteiger partial charge in [-0.05, 0) is 23.9 Å². The quantitative estimate of drug-likeness (QED) is 0.326. The summed E-state index contributed by atoms with van der Waals surface area (Å²) in [5.41, 5.74) is 0.815. The van der Waals surface area contributed by atoms with E-state index in [9.17, 15) is 0 Å². The van der Waals surface area contributed by atoms with Crippen molar-refractivity contribution < 1.29 is 0 Å². The highest BCUT2D eigenvalue weighted by molar-refractivity contribution is 14.1. The van der Waals surface area contributed by atoms with Crippen molar-refractivity contribution in [3.8, 4) is 0 Å². The Balaban J connectivity index is 1.61. The van der Waals surface area contributed by atoms with Crippen molar-refractivity contribution >= 4 is 68.5 Å². The largest absolute Gasteiger partial charge is 0.369 e. The Morgan fingerprint density at radius 1 is 1.23 bits per heavy atom. The molecule has 4 heterocycles. The minimum absolute atomic E-state index is 0.452. The number of hydrogen-bond donors (Lipinski definition) is 1. The van der Waals surface area contributed by atoms with Crippen LogP contribution in [0.15, 0.2) is 29.8 Å². The van der Waals surface area contributed by atoms with Crippen molar-refractivity contribution in [3.63, 3.8) is 0 Å². The number of nitrogens with zero attached hydrogens (tertiary/aromatic N) is 5. The maximum absolute atomic E-state index is 6.10. The van der Waals surface area contributed by atoms with Gasteiger partial charge in [-0.3, -0.25) is 0 Å². The lowest BCUT2D eigenvalue weighted by molar-refractivity contribution is 0.456. The van der Waals surface area contributed by atoms with Gasteiger partial charge in [0.1, 0.15) is 11.0 Å². The molecule has 0 radical (unpaired) electrons. The number of aromatic nitrogens is 3. The predicted molar refractivity (Wildman–Crippen MR) is 117 cm³/mol. The number of anilines is 2. The minimum atomic E-state index is 0.452. The molecule has 1 aliphatic heterocycles. The number of pyridine rings is 1. The Bertz CT molecular complexity index is 882. The van der Waals surface area contributed by atoms with Gasteiger partial charge in [0, 0.05) is 65.9 Å². The van der Waals surface area contributed by atoms with E-state index in [2.05, 4.69) is 58.7 Å². The minimum Gasteiger partial charge on any atom is -0.369 e. The molecule has 0 aliphatic carbocycles. The van der Waals surface area contributed by atoms with Gasteiger partial charge in [-0.1, -0.05) is 17.7 Å². The van der Waals surface area contributed by atoms with Gasteiger partial charge in [-0.25, -0.2) is 13.1 Å². The number of thiophene rings is 1. The van der Waals surface area contributed by atoms with Crippen molar-refractivity contribution in [2.75, 3.05) is 42.9 Å². The van der Waals surface area contributed by atoms with Gasteiger partial charge in [-0.2, -0.15) is 4.98 Å². The van der Waals surface area contributed by atoms with E-state index >= 15 is 0 Å². The van der Waals surface area contributed by atoms with E-state index in [0.717, 1.165) is 61.8 Å². The first kappa shape index (κ1) is 18.1. The fourth-order valence-electron chi connectivity index (χ4n) is 2.91. The van der Waals surface area contributed by atoms with Crippen LogP contribution in [0.4, 0.5) is 11.8 Å². The summed E-state index contributed by atoms with van der Waals surface area (Å²) in [6.07, 6.45) is 2.69. The number of halogens is 2. The smallest absolute Gasteiger partial charge is 0.228 e. The highest BCUT2D eigenvalue weighted by Crippen LogP contribution is 2.26. The molecule has 26 heavy (non-hydrogen) atoms. The zero-order valence-corrected chi connectivity index (χ0v) is 17.8. The molecule has 0 saturated carbocycles. The maximum Gasteiger partial charge on any atom is 0.228 e. The van der Waals surface area contributed by atoms with E-state index in [1.54, 1.807) is 17.5 Å². The SMILES string of the molecule is Clc1cc2c(NCCc3cccs3)nc(N3CCN(I)CC3)nc2cn1. The Morgan fingerprint density at radius 2 is 2.08 bits per heavy atom. The van der Waals surface area contributed by atoms with Crippen molar-refractivity contribution in [1.29, 1.82) is 0 Å². The number of fused-ring (bicyclic) bond motifs is 1. The molecule has 0 amide bonds.